The van der Waals surface area contributed by atoms with Gasteiger partial charge in [0.25, 0.3) is 0 Å². The monoisotopic (exact) mass is 344 g/mol. The van der Waals surface area contributed by atoms with E-state index in [0.29, 0.717) is 32.7 Å². The Balaban J connectivity index is 2.24. The molecule has 0 unspecified atom stereocenters. The number of benzene rings is 1. The molecule has 1 N–H and O–H groups in total. The molecule has 0 aliphatic heterocycles. The summed E-state index contributed by atoms with van der Waals surface area (Å²) in [6.07, 6.45) is 3.95. The van der Waals surface area contributed by atoms with E-state index in [1.165, 1.54) is 23.1 Å². The van der Waals surface area contributed by atoms with Gasteiger partial charge >= 0.3 is 5.69 Å². The fraction of sp³-hybridized carbons (Fsp3) is 0.0625. The van der Waals surface area contributed by atoms with Crippen molar-refractivity contribution in [3.63, 3.8) is 0 Å². The van der Waals surface area contributed by atoms with Crippen molar-refractivity contribution in [1.82, 2.24) is 14.5 Å². The highest BCUT2D eigenvalue weighted by molar-refractivity contribution is 6.37. The minimum absolute atomic E-state index is 0.252. The topological polar surface area (TPSA) is 73.0 Å². The largest absolute Gasteiger partial charge is 0.463 e. The molecule has 0 fully saturated rings. The Morgan fingerprint density at radius 2 is 2.17 bits per heavy atom. The lowest BCUT2D eigenvalue weighted by molar-refractivity contribution is 0.618. The second-order valence-corrected chi connectivity index (χ2v) is 5.51. The van der Waals surface area contributed by atoms with Crippen LogP contribution in [0.3, 0.4) is 0 Å². The van der Waals surface area contributed by atoms with E-state index in [1.54, 1.807) is 19.2 Å². The van der Waals surface area contributed by atoms with Crippen molar-refractivity contribution in [2.24, 2.45) is 0 Å². The Bertz CT molecular complexity index is 1150. The number of nitrogens with one attached hydrogen (secondary N) is 1. The molecule has 4 aromatic rings. The van der Waals surface area contributed by atoms with E-state index < -0.39 is 11.5 Å². The number of hydrogen-bond acceptors (Lipinski definition) is 5. The number of fused-ring (bicyclic) bond motifs is 3. The predicted octanol–water partition coefficient (Wildman–Crippen LogP) is 3.36. The first-order valence-corrected chi connectivity index (χ1v) is 7.39. The number of rotatable bonds is 2. The van der Waals surface area contributed by atoms with Crippen LogP contribution in [0.25, 0.3) is 27.6 Å². The molecular formula is C16H10ClFN4O2. The van der Waals surface area contributed by atoms with Crippen LogP contribution in [0.5, 0.6) is 0 Å². The summed E-state index contributed by atoms with van der Waals surface area (Å²) < 4.78 is 20.3. The summed E-state index contributed by atoms with van der Waals surface area (Å²) in [6.45, 7) is 0. The lowest BCUT2D eigenvalue weighted by Gasteiger charge is -2.13. The Morgan fingerprint density at radius 3 is 2.92 bits per heavy atom. The minimum atomic E-state index is -0.582. The molecule has 3 heterocycles. The van der Waals surface area contributed by atoms with E-state index in [0.717, 1.165) is 6.20 Å². The summed E-state index contributed by atoms with van der Waals surface area (Å²) in [5.74, 6) is -0.206. The predicted molar refractivity (Wildman–Crippen MR) is 89.4 cm³/mol. The van der Waals surface area contributed by atoms with Crippen molar-refractivity contribution in [2.45, 2.75) is 0 Å². The molecule has 0 bridgehead atoms. The Morgan fingerprint density at radius 1 is 1.33 bits per heavy atom. The van der Waals surface area contributed by atoms with Crippen LogP contribution in [-0.4, -0.2) is 21.6 Å². The maximum Gasteiger partial charge on any atom is 0.354 e. The highest BCUT2D eigenvalue weighted by atomic mass is 35.5. The first-order valence-electron chi connectivity index (χ1n) is 7.01. The fourth-order valence-electron chi connectivity index (χ4n) is 2.74. The van der Waals surface area contributed by atoms with Gasteiger partial charge in [-0.05, 0) is 12.1 Å². The number of furan rings is 1. The van der Waals surface area contributed by atoms with Crippen LogP contribution in [0.1, 0.15) is 0 Å². The Kier molecular flexibility index (Phi) is 3.24. The number of hydrogen-bond donors (Lipinski definition) is 1. The first-order chi connectivity index (χ1) is 11.6. The van der Waals surface area contributed by atoms with Gasteiger partial charge in [-0.15, -0.1) is 0 Å². The summed E-state index contributed by atoms with van der Waals surface area (Å²) in [5.41, 5.74) is 0.606. The third-order valence-electron chi connectivity index (χ3n) is 3.73. The number of nitrogens with zero attached hydrogens (tertiary/aromatic N) is 3. The maximum absolute atomic E-state index is 13.6. The molecule has 3 aromatic heterocycles. The Hall–Kier alpha value is -2.93. The molecule has 120 valence electrons. The van der Waals surface area contributed by atoms with Crippen molar-refractivity contribution >= 4 is 39.3 Å². The van der Waals surface area contributed by atoms with Gasteiger partial charge in [-0.1, -0.05) is 11.6 Å². The van der Waals surface area contributed by atoms with Gasteiger partial charge in [-0.3, -0.25) is 9.55 Å². The highest BCUT2D eigenvalue weighted by Crippen LogP contribution is 2.35. The molecule has 0 radical (unpaired) electrons. The van der Waals surface area contributed by atoms with E-state index in [1.807, 2.05) is 0 Å². The zero-order valence-electron chi connectivity index (χ0n) is 12.4. The van der Waals surface area contributed by atoms with Gasteiger partial charge in [0.05, 0.1) is 40.3 Å². The third kappa shape index (κ3) is 2.05. The number of anilines is 1. The molecule has 24 heavy (non-hydrogen) atoms. The van der Waals surface area contributed by atoms with Crippen LogP contribution >= 0.6 is 11.6 Å². The average Bonchev–Trinajstić information content (AvgIpc) is 3.04. The second-order valence-electron chi connectivity index (χ2n) is 5.11. The number of halogens is 2. The highest BCUT2D eigenvalue weighted by Gasteiger charge is 2.18. The quantitative estimate of drug-likeness (QED) is 0.603. The second kappa shape index (κ2) is 5.31. The van der Waals surface area contributed by atoms with Crippen molar-refractivity contribution in [3.8, 4) is 5.69 Å². The van der Waals surface area contributed by atoms with Crippen molar-refractivity contribution < 1.29 is 8.81 Å². The van der Waals surface area contributed by atoms with Crippen molar-refractivity contribution in [1.29, 1.82) is 0 Å². The Labute approximate surface area is 139 Å². The molecule has 0 aliphatic rings. The maximum atomic E-state index is 13.6. The zero-order valence-corrected chi connectivity index (χ0v) is 13.1. The van der Waals surface area contributed by atoms with Crippen LogP contribution in [0.2, 0.25) is 5.02 Å². The van der Waals surface area contributed by atoms with Crippen LogP contribution in [-0.2, 0) is 0 Å². The summed E-state index contributed by atoms with van der Waals surface area (Å²) in [4.78, 5) is 20.3. The fourth-order valence-corrected chi connectivity index (χ4v) is 2.99. The molecule has 0 saturated heterocycles. The van der Waals surface area contributed by atoms with Gasteiger partial charge in [0.2, 0.25) is 0 Å². The van der Waals surface area contributed by atoms with Gasteiger partial charge < -0.3 is 9.73 Å². The van der Waals surface area contributed by atoms with Crippen molar-refractivity contribution in [2.75, 3.05) is 12.4 Å². The molecular weight excluding hydrogens is 335 g/mol. The summed E-state index contributed by atoms with van der Waals surface area (Å²) in [5, 5.41) is 4.57. The van der Waals surface area contributed by atoms with Crippen LogP contribution in [0, 0.1) is 5.82 Å². The molecule has 0 aliphatic carbocycles. The normalized spacial score (nSPS) is 11.3. The van der Waals surface area contributed by atoms with E-state index in [9.17, 15) is 9.18 Å². The molecule has 1 aromatic carbocycles. The van der Waals surface area contributed by atoms with Crippen LogP contribution < -0.4 is 11.0 Å². The summed E-state index contributed by atoms with van der Waals surface area (Å²) in [7, 11) is 1.65. The smallest absolute Gasteiger partial charge is 0.354 e. The first kappa shape index (κ1) is 14.6. The van der Waals surface area contributed by atoms with Gasteiger partial charge in [-0.2, -0.15) is 4.98 Å². The van der Waals surface area contributed by atoms with E-state index in [4.69, 9.17) is 16.0 Å². The van der Waals surface area contributed by atoms with Gasteiger partial charge in [0.1, 0.15) is 17.2 Å². The zero-order chi connectivity index (χ0) is 16.8. The molecule has 0 atom stereocenters. The standard InChI is InChI=1S/C16H10ClFN4O2/c1-19-15-13-12(5-11(17)10-2-3-24-14(10)13)22(16(23)21-15)9-4-8(18)6-20-7-9/h2-7H,1H3,(H,19,21,23). The van der Waals surface area contributed by atoms with E-state index in [2.05, 4.69) is 15.3 Å². The lowest BCUT2D eigenvalue weighted by atomic mass is 10.1. The summed E-state index contributed by atoms with van der Waals surface area (Å²) >= 11 is 6.31. The molecule has 0 amide bonds. The molecule has 6 nitrogen and oxygen atoms in total. The van der Waals surface area contributed by atoms with Crippen LogP contribution in [0.15, 0.2) is 46.1 Å². The molecule has 0 spiro atoms. The minimum Gasteiger partial charge on any atom is -0.463 e. The number of aromatic nitrogens is 3. The number of pyridine rings is 1. The average molecular weight is 345 g/mol. The van der Waals surface area contributed by atoms with Crippen molar-refractivity contribution in [3.05, 3.63) is 58.2 Å². The molecule has 8 heteroatoms. The summed E-state index contributed by atoms with van der Waals surface area (Å²) in [6, 6.07) is 4.56. The third-order valence-corrected chi connectivity index (χ3v) is 4.04. The van der Waals surface area contributed by atoms with E-state index >= 15 is 0 Å². The molecule has 0 saturated carbocycles. The van der Waals surface area contributed by atoms with Gasteiger partial charge in [0, 0.05) is 18.5 Å². The SMILES string of the molecule is CNc1nc(=O)n(-c2cncc(F)c2)c2cc(Cl)c3ccoc3c12. The molecule has 4 rings (SSSR count). The van der Waals surface area contributed by atoms with Gasteiger partial charge in [0.15, 0.2) is 0 Å². The lowest BCUT2D eigenvalue weighted by Crippen LogP contribution is -2.23. The van der Waals surface area contributed by atoms with Crippen LogP contribution in [0.4, 0.5) is 10.2 Å². The van der Waals surface area contributed by atoms with E-state index in [-0.39, 0.29) is 5.69 Å². The van der Waals surface area contributed by atoms with Gasteiger partial charge in [-0.25, -0.2) is 9.18 Å².